The van der Waals surface area contributed by atoms with E-state index in [-0.39, 0.29) is 5.41 Å². The number of rotatable bonds is 8. The van der Waals surface area contributed by atoms with Gasteiger partial charge in [-0.1, -0.05) is 46.5 Å². The van der Waals surface area contributed by atoms with Crippen molar-refractivity contribution in [1.29, 1.82) is 0 Å². The molecule has 1 heteroatoms. The normalized spacial score (nSPS) is 11.6. The third-order valence-electron chi connectivity index (χ3n) is 3.19. The zero-order valence-electron chi connectivity index (χ0n) is 9.44. The highest BCUT2D eigenvalue weighted by Crippen LogP contribution is 2.30. The van der Waals surface area contributed by atoms with E-state index in [1.54, 1.807) is 0 Å². The number of aldehydes is 1. The minimum absolute atomic E-state index is 0.00621. The average molecular weight is 184 g/mol. The monoisotopic (exact) mass is 184 g/mol. The molecule has 0 aromatic rings. The van der Waals surface area contributed by atoms with E-state index in [4.69, 9.17) is 0 Å². The fraction of sp³-hybridized carbons (Fsp3) is 0.917. The van der Waals surface area contributed by atoms with Crippen LogP contribution in [0.4, 0.5) is 0 Å². The molecule has 0 heterocycles. The summed E-state index contributed by atoms with van der Waals surface area (Å²) < 4.78 is 0. The Kier molecular flexibility index (Phi) is 6.93. The van der Waals surface area contributed by atoms with Gasteiger partial charge in [0.25, 0.3) is 0 Å². The third kappa shape index (κ3) is 4.44. The first-order valence-electron chi connectivity index (χ1n) is 5.71. The van der Waals surface area contributed by atoms with Crippen molar-refractivity contribution >= 4 is 6.29 Å². The van der Waals surface area contributed by atoms with Crippen LogP contribution in [0.1, 0.15) is 65.7 Å². The Morgan fingerprint density at radius 1 is 1.00 bits per heavy atom. The highest BCUT2D eigenvalue weighted by molar-refractivity contribution is 5.58. The Balaban J connectivity index is 3.75. The summed E-state index contributed by atoms with van der Waals surface area (Å²) >= 11 is 0. The molecule has 0 aliphatic carbocycles. The highest BCUT2D eigenvalue weighted by atomic mass is 16.1. The number of hydrogen-bond acceptors (Lipinski definition) is 1. The van der Waals surface area contributed by atoms with Crippen molar-refractivity contribution in [3.05, 3.63) is 0 Å². The minimum Gasteiger partial charge on any atom is -0.303 e. The smallest absolute Gasteiger partial charge is 0.126 e. The lowest BCUT2D eigenvalue weighted by atomic mass is 9.79. The summed E-state index contributed by atoms with van der Waals surface area (Å²) in [6, 6.07) is 0. The second-order valence-electron chi connectivity index (χ2n) is 4.00. The van der Waals surface area contributed by atoms with Crippen LogP contribution in [0.3, 0.4) is 0 Å². The van der Waals surface area contributed by atoms with E-state index in [9.17, 15) is 4.79 Å². The molecule has 0 unspecified atom stereocenters. The summed E-state index contributed by atoms with van der Waals surface area (Å²) in [6.07, 6.45) is 9.34. The van der Waals surface area contributed by atoms with Crippen LogP contribution in [0.15, 0.2) is 0 Å². The van der Waals surface area contributed by atoms with E-state index >= 15 is 0 Å². The van der Waals surface area contributed by atoms with Crippen molar-refractivity contribution in [1.82, 2.24) is 0 Å². The zero-order chi connectivity index (χ0) is 10.2. The SMILES string of the molecule is CCCCCCC(C=O)(CC)CC. The second kappa shape index (κ2) is 7.11. The molecule has 0 bridgehead atoms. The van der Waals surface area contributed by atoms with Crippen LogP contribution < -0.4 is 0 Å². The predicted octanol–water partition coefficient (Wildman–Crippen LogP) is 3.96. The Morgan fingerprint density at radius 2 is 1.62 bits per heavy atom. The first kappa shape index (κ1) is 12.7. The van der Waals surface area contributed by atoms with Crippen LogP contribution >= 0.6 is 0 Å². The maximum absolute atomic E-state index is 11.0. The molecule has 0 aromatic heterocycles. The molecule has 0 spiro atoms. The molecule has 0 rings (SSSR count). The van der Waals surface area contributed by atoms with Crippen molar-refractivity contribution in [3.63, 3.8) is 0 Å². The van der Waals surface area contributed by atoms with Crippen molar-refractivity contribution in [3.8, 4) is 0 Å². The minimum atomic E-state index is -0.00621. The molecular formula is C12H24O. The lowest BCUT2D eigenvalue weighted by Gasteiger charge is -2.24. The topological polar surface area (TPSA) is 17.1 Å². The molecule has 0 fully saturated rings. The Labute approximate surface area is 82.9 Å². The summed E-state index contributed by atoms with van der Waals surface area (Å²) in [5, 5.41) is 0. The number of unbranched alkanes of at least 4 members (excludes halogenated alkanes) is 3. The molecule has 0 atom stereocenters. The molecular weight excluding hydrogens is 160 g/mol. The van der Waals surface area contributed by atoms with Gasteiger partial charge in [0.05, 0.1) is 0 Å². The van der Waals surface area contributed by atoms with E-state index in [1.165, 1.54) is 32.0 Å². The molecule has 0 amide bonds. The molecule has 1 nitrogen and oxygen atoms in total. The zero-order valence-corrected chi connectivity index (χ0v) is 9.44. The third-order valence-corrected chi connectivity index (χ3v) is 3.19. The molecule has 0 aliphatic heterocycles. The molecule has 0 radical (unpaired) electrons. The van der Waals surface area contributed by atoms with Gasteiger partial charge in [0.15, 0.2) is 0 Å². The summed E-state index contributed by atoms with van der Waals surface area (Å²) in [6.45, 7) is 6.46. The number of carbonyl (C=O) groups excluding carboxylic acids is 1. The average Bonchev–Trinajstić information content (AvgIpc) is 2.20. The Hall–Kier alpha value is -0.330. The number of carbonyl (C=O) groups is 1. The van der Waals surface area contributed by atoms with Crippen LogP contribution in [0, 0.1) is 5.41 Å². The maximum Gasteiger partial charge on any atom is 0.126 e. The van der Waals surface area contributed by atoms with Gasteiger partial charge in [-0.15, -0.1) is 0 Å². The Bertz CT molecular complexity index is 125. The first-order chi connectivity index (χ1) is 6.24. The quantitative estimate of drug-likeness (QED) is 0.412. The Morgan fingerprint density at radius 3 is 2.00 bits per heavy atom. The van der Waals surface area contributed by atoms with Gasteiger partial charge in [-0.25, -0.2) is 0 Å². The van der Waals surface area contributed by atoms with Gasteiger partial charge < -0.3 is 4.79 Å². The summed E-state index contributed by atoms with van der Waals surface area (Å²) in [7, 11) is 0. The molecule has 0 N–H and O–H groups in total. The number of hydrogen-bond donors (Lipinski definition) is 0. The van der Waals surface area contributed by atoms with E-state index in [2.05, 4.69) is 20.8 Å². The second-order valence-corrected chi connectivity index (χ2v) is 4.00. The van der Waals surface area contributed by atoms with E-state index in [0.717, 1.165) is 19.3 Å². The summed E-state index contributed by atoms with van der Waals surface area (Å²) in [5.74, 6) is 0. The van der Waals surface area contributed by atoms with Crippen molar-refractivity contribution in [2.75, 3.05) is 0 Å². The summed E-state index contributed by atoms with van der Waals surface area (Å²) in [4.78, 5) is 11.0. The molecule has 0 saturated heterocycles. The largest absolute Gasteiger partial charge is 0.303 e. The van der Waals surface area contributed by atoms with E-state index in [0.29, 0.717) is 0 Å². The van der Waals surface area contributed by atoms with Crippen molar-refractivity contribution < 1.29 is 4.79 Å². The van der Waals surface area contributed by atoms with Crippen LogP contribution in [0.2, 0.25) is 0 Å². The van der Waals surface area contributed by atoms with Gasteiger partial charge >= 0.3 is 0 Å². The molecule has 0 aliphatic rings. The van der Waals surface area contributed by atoms with Crippen LogP contribution in [-0.4, -0.2) is 6.29 Å². The van der Waals surface area contributed by atoms with E-state index in [1.807, 2.05) is 0 Å². The molecule has 13 heavy (non-hydrogen) atoms. The highest BCUT2D eigenvalue weighted by Gasteiger charge is 2.24. The molecule has 0 saturated carbocycles. The van der Waals surface area contributed by atoms with Gasteiger partial charge in [-0.05, 0) is 19.3 Å². The van der Waals surface area contributed by atoms with Gasteiger partial charge in [0, 0.05) is 5.41 Å². The van der Waals surface area contributed by atoms with Gasteiger partial charge in [-0.2, -0.15) is 0 Å². The molecule has 78 valence electrons. The summed E-state index contributed by atoms with van der Waals surface area (Å²) in [5.41, 5.74) is -0.00621. The molecule has 0 aromatic carbocycles. The van der Waals surface area contributed by atoms with Gasteiger partial charge in [0.2, 0.25) is 0 Å². The first-order valence-corrected chi connectivity index (χ1v) is 5.71. The van der Waals surface area contributed by atoms with Crippen molar-refractivity contribution in [2.24, 2.45) is 5.41 Å². The lowest BCUT2D eigenvalue weighted by molar-refractivity contribution is -0.117. The van der Waals surface area contributed by atoms with Crippen molar-refractivity contribution in [2.45, 2.75) is 65.7 Å². The fourth-order valence-corrected chi connectivity index (χ4v) is 1.73. The van der Waals surface area contributed by atoms with Crippen LogP contribution in [0.25, 0.3) is 0 Å². The van der Waals surface area contributed by atoms with Gasteiger partial charge in [-0.3, -0.25) is 0 Å². The van der Waals surface area contributed by atoms with E-state index < -0.39 is 0 Å². The maximum atomic E-state index is 11.0. The van der Waals surface area contributed by atoms with Gasteiger partial charge in [0.1, 0.15) is 6.29 Å². The predicted molar refractivity (Wildman–Crippen MR) is 57.8 cm³/mol. The standard InChI is InChI=1S/C12H24O/c1-4-7-8-9-10-12(5-2,6-3)11-13/h11H,4-10H2,1-3H3. The fourth-order valence-electron chi connectivity index (χ4n) is 1.73. The van der Waals surface area contributed by atoms with Crippen LogP contribution in [-0.2, 0) is 4.79 Å². The lowest BCUT2D eigenvalue weighted by Crippen LogP contribution is -2.20. The van der Waals surface area contributed by atoms with Crippen LogP contribution in [0.5, 0.6) is 0 Å².